The molecule has 0 atom stereocenters. The monoisotopic (exact) mass is 276 g/mol. The van der Waals surface area contributed by atoms with Crippen molar-refractivity contribution in [3.8, 4) is 11.1 Å². The Kier molecular flexibility index (Phi) is 3.86. The van der Waals surface area contributed by atoms with E-state index in [2.05, 4.69) is 16.9 Å². The predicted octanol–water partition coefficient (Wildman–Crippen LogP) is 4.80. The predicted molar refractivity (Wildman–Crippen MR) is 77.8 cm³/mol. The van der Waals surface area contributed by atoms with E-state index in [9.17, 15) is 4.39 Å². The van der Waals surface area contributed by atoms with Gasteiger partial charge in [0.05, 0.1) is 5.02 Å². The highest BCUT2D eigenvalue weighted by Gasteiger charge is 2.06. The van der Waals surface area contributed by atoms with Gasteiger partial charge in [-0.05, 0) is 43.2 Å². The quantitative estimate of drug-likeness (QED) is 0.871. The Morgan fingerprint density at radius 3 is 2.63 bits per heavy atom. The Balaban J connectivity index is 2.38. The van der Waals surface area contributed by atoms with E-state index in [1.165, 1.54) is 6.07 Å². The summed E-state index contributed by atoms with van der Waals surface area (Å²) in [6.07, 6.45) is 1.72. The van der Waals surface area contributed by atoms with Crippen molar-refractivity contribution in [1.82, 2.24) is 4.98 Å². The Labute approximate surface area is 116 Å². The Morgan fingerprint density at radius 2 is 2.05 bits per heavy atom. The lowest BCUT2D eigenvalue weighted by Crippen LogP contribution is -1.99. The highest BCUT2D eigenvalue weighted by Crippen LogP contribution is 2.26. The molecule has 2 nitrogen and oxygen atoms in total. The first kappa shape index (κ1) is 13.6. The Morgan fingerprint density at radius 1 is 1.32 bits per heavy atom. The van der Waals surface area contributed by atoms with E-state index >= 15 is 0 Å². The largest absolute Gasteiger partial charge is 0.344 e. The van der Waals surface area contributed by atoms with Gasteiger partial charge in [-0.2, -0.15) is 0 Å². The molecule has 1 heterocycles. The molecule has 1 N–H and O–H groups in total. The van der Waals surface area contributed by atoms with E-state index in [4.69, 9.17) is 11.6 Å². The van der Waals surface area contributed by atoms with Gasteiger partial charge < -0.3 is 5.32 Å². The van der Waals surface area contributed by atoms with Crippen LogP contribution in [0.5, 0.6) is 0 Å². The van der Waals surface area contributed by atoms with Crippen LogP contribution in [-0.4, -0.2) is 4.98 Å². The number of aryl methyl sites for hydroxylation is 1. The van der Waals surface area contributed by atoms with Crippen LogP contribution in [0.15, 0.2) is 42.7 Å². The zero-order valence-electron chi connectivity index (χ0n) is 10.8. The van der Waals surface area contributed by atoms with Crippen molar-refractivity contribution in [2.75, 3.05) is 5.32 Å². The van der Waals surface area contributed by atoms with Crippen molar-refractivity contribution in [3.05, 3.63) is 59.1 Å². The summed E-state index contributed by atoms with van der Waals surface area (Å²) in [7, 11) is 0. The molecule has 0 amide bonds. The molecule has 0 bridgehead atoms. The van der Waals surface area contributed by atoms with Gasteiger partial charge in [0.15, 0.2) is 0 Å². The fraction of sp³-hybridized carbons (Fsp3) is 0.133. The van der Waals surface area contributed by atoms with Crippen molar-refractivity contribution in [3.63, 3.8) is 0 Å². The first-order valence-electron chi connectivity index (χ1n) is 5.82. The summed E-state index contributed by atoms with van der Waals surface area (Å²) in [5.41, 5.74) is 3.55. The molecule has 0 aliphatic heterocycles. The Bertz CT molecular complexity index is 638. The van der Waals surface area contributed by atoms with E-state index in [-0.39, 0.29) is 5.02 Å². The van der Waals surface area contributed by atoms with Crippen LogP contribution in [0.25, 0.3) is 11.1 Å². The van der Waals surface area contributed by atoms with Crippen LogP contribution in [0.4, 0.5) is 10.2 Å². The zero-order valence-corrected chi connectivity index (χ0v) is 11.6. The maximum atomic E-state index is 13.1. The normalized spacial score (nSPS) is 10.3. The number of allylic oxidation sites excluding steroid dienone is 1. The summed E-state index contributed by atoms with van der Waals surface area (Å²) < 4.78 is 13.1. The van der Waals surface area contributed by atoms with Gasteiger partial charge in [0.1, 0.15) is 11.6 Å². The number of halogens is 2. The smallest absolute Gasteiger partial charge is 0.141 e. The van der Waals surface area contributed by atoms with Crippen molar-refractivity contribution in [1.29, 1.82) is 0 Å². The number of nitrogens with zero attached hydrogens (tertiary/aromatic N) is 1. The van der Waals surface area contributed by atoms with Crippen molar-refractivity contribution >= 4 is 17.4 Å². The molecule has 0 aliphatic rings. The number of nitrogens with one attached hydrogen (secondary N) is 1. The molecule has 2 aromatic rings. The van der Waals surface area contributed by atoms with Crippen molar-refractivity contribution in [2.24, 2.45) is 0 Å². The number of pyridine rings is 1. The lowest BCUT2D eigenvalue weighted by atomic mass is 10.1. The third-order valence-corrected chi connectivity index (χ3v) is 2.95. The zero-order chi connectivity index (χ0) is 14.0. The molecule has 0 spiro atoms. The van der Waals surface area contributed by atoms with Gasteiger partial charge in [0.2, 0.25) is 0 Å². The molecule has 0 fully saturated rings. The third-order valence-electron chi connectivity index (χ3n) is 2.66. The second kappa shape index (κ2) is 5.41. The number of anilines is 1. The molecule has 0 radical (unpaired) electrons. The molecule has 0 saturated heterocycles. The van der Waals surface area contributed by atoms with Crippen molar-refractivity contribution in [2.45, 2.75) is 13.8 Å². The number of benzene rings is 1. The maximum Gasteiger partial charge on any atom is 0.141 e. The molecule has 0 saturated carbocycles. The summed E-state index contributed by atoms with van der Waals surface area (Å²) in [6.45, 7) is 7.60. The topological polar surface area (TPSA) is 24.9 Å². The van der Waals surface area contributed by atoms with Crippen LogP contribution in [-0.2, 0) is 0 Å². The average molecular weight is 277 g/mol. The SMILES string of the molecule is C=C(C)Nc1ncc(-c2ccc(F)c(Cl)c2)cc1C. The molecule has 98 valence electrons. The Hall–Kier alpha value is -1.87. The summed E-state index contributed by atoms with van der Waals surface area (Å²) in [5.74, 6) is 0.347. The van der Waals surface area contributed by atoms with Crippen LogP contribution in [0, 0.1) is 12.7 Å². The number of aromatic nitrogens is 1. The minimum atomic E-state index is -0.421. The first-order valence-corrected chi connectivity index (χ1v) is 6.20. The second-order valence-electron chi connectivity index (χ2n) is 4.42. The van der Waals surface area contributed by atoms with Crippen LogP contribution >= 0.6 is 11.6 Å². The highest BCUT2D eigenvalue weighted by atomic mass is 35.5. The van der Waals surface area contributed by atoms with E-state index in [0.717, 1.165) is 28.2 Å². The maximum absolute atomic E-state index is 13.1. The summed E-state index contributed by atoms with van der Waals surface area (Å²) in [4.78, 5) is 4.34. The fourth-order valence-electron chi connectivity index (χ4n) is 1.74. The highest BCUT2D eigenvalue weighted by molar-refractivity contribution is 6.31. The molecular formula is C15H14ClFN2. The van der Waals surface area contributed by atoms with Crippen LogP contribution in [0.2, 0.25) is 5.02 Å². The van der Waals surface area contributed by atoms with Gasteiger partial charge in [0, 0.05) is 17.5 Å². The molecular weight excluding hydrogens is 263 g/mol. The molecule has 0 aliphatic carbocycles. The van der Waals surface area contributed by atoms with Crippen LogP contribution < -0.4 is 5.32 Å². The van der Waals surface area contributed by atoms with Gasteiger partial charge in [-0.1, -0.05) is 24.2 Å². The number of rotatable bonds is 3. The summed E-state index contributed by atoms with van der Waals surface area (Å²) >= 11 is 5.78. The van der Waals surface area contributed by atoms with Crippen LogP contribution in [0.1, 0.15) is 12.5 Å². The summed E-state index contributed by atoms with van der Waals surface area (Å²) in [6, 6.07) is 6.61. The van der Waals surface area contributed by atoms with Gasteiger partial charge in [-0.25, -0.2) is 9.37 Å². The molecule has 4 heteroatoms. The van der Waals surface area contributed by atoms with E-state index in [1.807, 2.05) is 19.9 Å². The van der Waals surface area contributed by atoms with Crippen LogP contribution in [0.3, 0.4) is 0 Å². The van der Waals surface area contributed by atoms with Crippen molar-refractivity contribution < 1.29 is 4.39 Å². The average Bonchev–Trinajstić information content (AvgIpc) is 2.35. The van der Waals surface area contributed by atoms with E-state index in [0.29, 0.717) is 0 Å². The molecule has 19 heavy (non-hydrogen) atoms. The van der Waals surface area contributed by atoms with Gasteiger partial charge in [0.25, 0.3) is 0 Å². The number of hydrogen-bond donors (Lipinski definition) is 1. The standard InChI is InChI=1S/C15H14ClFN2/c1-9(2)19-15-10(3)6-12(8-18-15)11-4-5-14(17)13(16)7-11/h4-8H,1H2,2-3H3,(H,18,19). The van der Waals surface area contributed by atoms with E-state index in [1.54, 1.807) is 18.3 Å². The minimum Gasteiger partial charge on any atom is -0.344 e. The van der Waals surface area contributed by atoms with E-state index < -0.39 is 5.82 Å². The second-order valence-corrected chi connectivity index (χ2v) is 4.83. The third kappa shape index (κ3) is 3.12. The van der Waals surface area contributed by atoms with Gasteiger partial charge >= 0.3 is 0 Å². The van der Waals surface area contributed by atoms with Gasteiger partial charge in [-0.3, -0.25) is 0 Å². The molecule has 2 rings (SSSR count). The molecule has 1 aromatic heterocycles. The number of hydrogen-bond acceptors (Lipinski definition) is 2. The lowest BCUT2D eigenvalue weighted by molar-refractivity contribution is 0.628. The molecule has 0 unspecified atom stereocenters. The summed E-state index contributed by atoms with van der Waals surface area (Å²) in [5, 5.41) is 3.19. The first-order chi connectivity index (χ1) is 8.97. The molecule has 1 aromatic carbocycles. The minimum absolute atomic E-state index is 0.110. The van der Waals surface area contributed by atoms with Gasteiger partial charge in [-0.15, -0.1) is 0 Å². The lowest BCUT2D eigenvalue weighted by Gasteiger charge is -2.10. The fourth-order valence-corrected chi connectivity index (χ4v) is 1.92.